The topological polar surface area (TPSA) is 78.9 Å². The minimum Gasteiger partial charge on any atom is -0.490 e. The molecule has 0 aliphatic carbocycles. The summed E-state index contributed by atoms with van der Waals surface area (Å²) in [6, 6.07) is 28.6. The molecule has 0 saturated carbocycles. The monoisotopic (exact) mass is 492 g/mol. The Kier molecular flexibility index (Phi) is 6.90. The fraction of sp³-hybridized carbons (Fsp3) is 0.161. The van der Waals surface area contributed by atoms with Crippen LogP contribution >= 0.6 is 0 Å². The second kappa shape index (κ2) is 10.6. The molecule has 1 aliphatic rings. The van der Waals surface area contributed by atoms with Gasteiger partial charge in [0.1, 0.15) is 12.4 Å². The van der Waals surface area contributed by atoms with Crippen LogP contribution < -0.4 is 15.0 Å². The molecular weight excluding hydrogens is 464 g/mol. The third kappa shape index (κ3) is 5.48. The summed E-state index contributed by atoms with van der Waals surface area (Å²) in [5, 5.41) is 12.5. The van der Waals surface area contributed by atoms with Crippen molar-refractivity contribution in [3.05, 3.63) is 119 Å². The molecule has 0 fully saturated rings. The van der Waals surface area contributed by atoms with Crippen LogP contribution in [0.2, 0.25) is 0 Å². The van der Waals surface area contributed by atoms with Crippen LogP contribution in [-0.2, 0) is 13.1 Å². The van der Waals surface area contributed by atoms with Gasteiger partial charge in [-0.15, -0.1) is 0 Å². The van der Waals surface area contributed by atoms with Crippen LogP contribution in [-0.4, -0.2) is 30.1 Å². The Labute approximate surface area is 216 Å². The Morgan fingerprint density at radius 3 is 2.51 bits per heavy atom. The number of carbonyl (C=O) groups is 2. The van der Waals surface area contributed by atoms with Gasteiger partial charge < -0.3 is 20.1 Å². The Balaban J connectivity index is 1.28. The molecule has 0 saturated heterocycles. The van der Waals surface area contributed by atoms with E-state index >= 15 is 0 Å². The second-order valence-corrected chi connectivity index (χ2v) is 9.17. The van der Waals surface area contributed by atoms with E-state index in [4.69, 9.17) is 4.74 Å². The van der Waals surface area contributed by atoms with Crippen molar-refractivity contribution in [2.75, 3.05) is 18.1 Å². The molecule has 0 spiro atoms. The fourth-order valence-corrected chi connectivity index (χ4v) is 4.62. The molecule has 5 rings (SSSR count). The van der Waals surface area contributed by atoms with Gasteiger partial charge in [0.2, 0.25) is 0 Å². The lowest BCUT2D eigenvalue weighted by molar-refractivity contribution is 0.0697. The van der Waals surface area contributed by atoms with Gasteiger partial charge in [0.25, 0.3) is 5.91 Å². The Bertz CT molecular complexity index is 1450. The van der Waals surface area contributed by atoms with E-state index < -0.39 is 5.97 Å². The molecule has 6 nitrogen and oxygen atoms in total. The van der Waals surface area contributed by atoms with Gasteiger partial charge in [-0.3, -0.25) is 4.79 Å². The summed E-state index contributed by atoms with van der Waals surface area (Å²) in [4.78, 5) is 26.6. The van der Waals surface area contributed by atoms with E-state index in [-0.39, 0.29) is 11.5 Å². The average molecular weight is 493 g/mol. The molecule has 2 N–H and O–H groups in total. The number of anilines is 1. The minimum absolute atomic E-state index is 0.137. The molecule has 37 heavy (non-hydrogen) atoms. The normalized spacial score (nSPS) is 12.4. The lowest BCUT2D eigenvalue weighted by Crippen LogP contribution is -2.32. The molecular formula is C31H28N2O4. The Hall–Kier alpha value is -4.58. The van der Waals surface area contributed by atoms with Crippen LogP contribution in [0.4, 0.5) is 5.69 Å². The van der Waals surface area contributed by atoms with Crippen molar-refractivity contribution in [1.82, 2.24) is 5.32 Å². The number of fused-ring (bicyclic) bond motifs is 1. The number of carbonyl (C=O) groups excluding carboxylic acids is 1. The van der Waals surface area contributed by atoms with Gasteiger partial charge >= 0.3 is 5.97 Å². The highest BCUT2D eigenvalue weighted by molar-refractivity contribution is 5.96. The summed E-state index contributed by atoms with van der Waals surface area (Å²) in [6.45, 7) is 4.44. The van der Waals surface area contributed by atoms with Crippen LogP contribution in [0.25, 0.3) is 11.1 Å². The van der Waals surface area contributed by atoms with Crippen LogP contribution in [0.3, 0.4) is 0 Å². The van der Waals surface area contributed by atoms with Crippen LogP contribution in [0.5, 0.6) is 5.75 Å². The molecule has 186 valence electrons. The zero-order valence-electron chi connectivity index (χ0n) is 20.6. The number of ether oxygens (including phenoxy) is 1. The maximum Gasteiger partial charge on any atom is 0.336 e. The minimum atomic E-state index is -0.937. The number of carboxylic acid groups (broad SMARTS) is 1. The smallest absolute Gasteiger partial charge is 0.336 e. The van der Waals surface area contributed by atoms with E-state index in [9.17, 15) is 14.7 Å². The van der Waals surface area contributed by atoms with Crippen molar-refractivity contribution in [3.8, 4) is 16.9 Å². The maximum absolute atomic E-state index is 12.8. The zero-order chi connectivity index (χ0) is 25.8. The summed E-state index contributed by atoms with van der Waals surface area (Å²) in [7, 11) is 0. The first-order valence-corrected chi connectivity index (χ1v) is 12.2. The number of hydrogen-bond acceptors (Lipinski definition) is 4. The van der Waals surface area contributed by atoms with Gasteiger partial charge in [0.05, 0.1) is 17.8 Å². The van der Waals surface area contributed by atoms with Crippen molar-refractivity contribution in [2.45, 2.75) is 20.0 Å². The number of nitrogens with one attached hydrogen (secondary N) is 1. The quantitative estimate of drug-likeness (QED) is 0.347. The number of amides is 1. The number of hydrogen-bond donors (Lipinski definition) is 2. The molecule has 1 heterocycles. The number of aryl methyl sites for hydroxylation is 1. The largest absolute Gasteiger partial charge is 0.490 e. The van der Waals surface area contributed by atoms with Crippen LogP contribution in [0.1, 0.15) is 37.4 Å². The Morgan fingerprint density at radius 1 is 0.919 bits per heavy atom. The van der Waals surface area contributed by atoms with E-state index in [2.05, 4.69) is 16.3 Å². The van der Waals surface area contributed by atoms with Crippen LogP contribution in [0, 0.1) is 6.92 Å². The third-order valence-corrected chi connectivity index (χ3v) is 6.51. The number of aromatic carboxylic acids is 1. The highest BCUT2D eigenvalue weighted by Crippen LogP contribution is 2.34. The SMILES string of the molecule is Cc1cccc(CNC(=O)c2ccc3c(c2)OCCN3Cc2ccc(-c3ccccc3C(=O)O)cc2)c1. The van der Waals surface area contributed by atoms with Gasteiger partial charge in [-0.2, -0.15) is 0 Å². The van der Waals surface area contributed by atoms with Crippen molar-refractivity contribution in [2.24, 2.45) is 0 Å². The van der Waals surface area contributed by atoms with Gasteiger partial charge in [0.15, 0.2) is 0 Å². The van der Waals surface area contributed by atoms with Crippen LogP contribution in [0.15, 0.2) is 91.0 Å². The molecule has 0 radical (unpaired) electrons. The lowest BCUT2D eigenvalue weighted by atomic mass is 9.98. The van der Waals surface area contributed by atoms with Crippen molar-refractivity contribution in [1.29, 1.82) is 0 Å². The molecule has 4 aromatic carbocycles. The third-order valence-electron chi connectivity index (χ3n) is 6.51. The van der Waals surface area contributed by atoms with Crippen molar-refractivity contribution < 1.29 is 19.4 Å². The van der Waals surface area contributed by atoms with E-state index in [1.54, 1.807) is 18.2 Å². The number of rotatable bonds is 7. The first-order valence-electron chi connectivity index (χ1n) is 12.2. The van der Waals surface area contributed by atoms with E-state index in [0.29, 0.717) is 36.6 Å². The molecule has 1 aliphatic heterocycles. The number of benzene rings is 4. The summed E-state index contributed by atoms with van der Waals surface area (Å²) in [6.07, 6.45) is 0. The summed E-state index contributed by atoms with van der Waals surface area (Å²) in [5.74, 6) is -0.378. The molecule has 0 atom stereocenters. The molecule has 1 amide bonds. The Morgan fingerprint density at radius 2 is 1.73 bits per heavy atom. The summed E-state index contributed by atoms with van der Waals surface area (Å²) in [5.41, 5.74) is 6.69. The summed E-state index contributed by atoms with van der Waals surface area (Å²) < 4.78 is 5.90. The van der Waals surface area contributed by atoms with E-state index in [1.807, 2.05) is 73.7 Å². The van der Waals surface area contributed by atoms with Gasteiger partial charge in [-0.25, -0.2) is 4.79 Å². The highest BCUT2D eigenvalue weighted by Gasteiger charge is 2.20. The molecule has 6 heteroatoms. The standard InChI is InChI=1S/C31H28N2O4/c1-21-5-4-6-23(17-21)19-32-30(34)25-13-14-28-29(18-25)37-16-15-33(28)20-22-9-11-24(12-10-22)26-7-2-3-8-27(26)31(35)36/h2-14,17-18H,15-16,19-20H2,1H3,(H,32,34)(H,35,36). The van der Waals surface area contributed by atoms with Crippen molar-refractivity contribution in [3.63, 3.8) is 0 Å². The predicted molar refractivity (Wildman–Crippen MR) is 144 cm³/mol. The van der Waals surface area contributed by atoms with E-state index in [0.717, 1.165) is 34.5 Å². The fourth-order valence-electron chi connectivity index (χ4n) is 4.62. The van der Waals surface area contributed by atoms with E-state index in [1.165, 1.54) is 0 Å². The number of carboxylic acids is 1. The molecule has 0 aromatic heterocycles. The van der Waals surface area contributed by atoms with Gasteiger partial charge in [-0.1, -0.05) is 72.3 Å². The second-order valence-electron chi connectivity index (χ2n) is 9.17. The first-order chi connectivity index (χ1) is 18.0. The van der Waals surface area contributed by atoms with Gasteiger partial charge in [-0.05, 0) is 53.4 Å². The highest BCUT2D eigenvalue weighted by atomic mass is 16.5. The summed E-state index contributed by atoms with van der Waals surface area (Å²) >= 11 is 0. The molecule has 0 unspecified atom stereocenters. The molecule has 0 bridgehead atoms. The number of nitrogens with zero attached hydrogens (tertiary/aromatic N) is 1. The first kappa shape index (κ1) is 24.1. The zero-order valence-corrected chi connectivity index (χ0v) is 20.6. The molecule has 4 aromatic rings. The van der Waals surface area contributed by atoms with Crippen molar-refractivity contribution >= 4 is 17.6 Å². The average Bonchev–Trinajstić information content (AvgIpc) is 2.92. The lowest BCUT2D eigenvalue weighted by Gasteiger charge is -2.31. The maximum atomic E-state index is 12.8. The predicted octanol–water partition coefficient (Wildman–Crippen LogP) is 5.69. The van der Waals surface area contributed by atoms with Gasteiger partial charge in [0, 0.05) is 18.7 Å².